The molecule has 0 radical (unpaired) electrons. The van der Waals surface area contributed by atoms with Gasteiger partial charge in [-0.1, -0.05) is 35.9 Å². The zero-order valence-corrected chi connectivity index (χ0v) is 13.7. The Bertz CT molecular complexity index is 719. The number of carbonyl (C=O) groups excluding carboxylic acids is 1. The van der Waals surface area contributed by atoms with Crippen molar-refractivity contribution in [3.63, 3.8) is 0 Å². The molecule has 2 aromatic carbocycles. The van der Waals surface area contributed by atoms with Crippen LogP contribution in [-0.4, -0.2) is 28.6 Å². The number of halogens is 2. The second-order valence-corrected chi connectivity index (χ2v) is 6.27. The number of nitrogens with zero attached hydrogens (tertiary/aromatic N) is 1. The highest BCUT2D eigenvalue weighted by molar-refractivity contribution is 6.33. The Morgan fingerprint density at radius 3 is 2.54 bits per heavy atom. The summed E-state index contributed by atoms with van der Waals surface area (Å²) in [6, 6.07) is 12.5. The van der Waals surface area contributed by atoms with Gasteiger partial charge in [0.05, 0.1) is 23.4 Å². The lowest BCUT2D eigenvalue weighted by Crippen LogP contribution is -2.39. The molecule has 0 saturated heterocycles. The minimum Gasteiger partial charge on any atom is -0.387 e. The number of carbonyl (C=O) groups is 1. The molecule has 2 aromatic rings. The standard InChI is InChI=1S/C18H18ClFN2O2/c19-15-3-1-2-4-16(15)21-18(24)22(14-9-10-14)11-17(23)12-5-7-13(20)8-6-12/h1-8,14,17,23H,9-11H2,(H,21,24). The number of urea groups is 1. The Morgan fingerprint density at radius 1 is 1.25 bits per heavy atom. The average Bonchev–Trinajstić information content (AvgIpc) is 3.40. The summed E-state index contributed by atoms with van der Waals surface area (Å²) in [5.74, 6) is -0.360. The molecule has 126 valence electrons. The summed E-state index contributed by atoms with van der Waals surface area (Å²) in [5.41, 5.74) is 1.11. The van der Waals surface area contributed by atoms with Gasteiger partial charge in [-0.05, 0) is 42.7 Å². The summed E-state index contributed by atoms with van der Waals surface area (Å²) in [6.45, 7) is 0.145. The molecule has 24 heavy (non-hydrogen) atoms. The van der Waals surface area contributed by atoms with Gasteiger partial charge in [0.2, 0.25) is 0 Å². The van der Waals surface area contributed by atoms with E-state index < -0.39 is 6.10 Å². The van der Waals surface area contributed by atoms with Crippen molar-refractivity contribution in [3.05, 3.63) is 64.9 Å². The molecule has 0 heterocycles. The van der Waals surface area contributed by atoms with Crippen molar-refractivity contribution in [1.82, 2.24) is 4.90 Å². The highest BCUT2D eigenvalue weighted by atomic mass is 35.5. The second-order valence-electron chi connectivity index (χ2n) is 5.86. The summed E-state index contributed by atoms with van der Waals surface area (Å²) < 4.78 is 13.0. The minimum absolute atomic E-state index is 0.114. The first-order valence-electron chi connectivity index (χ1n) is 7.80. The fourth-order valence-electron chi connectivity index (χ4n) is 2.51. The second kappa shape index (κ2) is 7.20. The third kappa shape index (κ3) is 4.04. The van der Waals surface area contributed by atoms with Crippen molar-refractivity contribution in [2.75, 3.05) is 11.9 Å². The van der Waals surface area contributed by atoms with Gasteiger partial charge in [-0.25, -0.2) is 9.18 Å². The topological polar surface area (TPSA) is 52.6 Å². The fourth-order valence-corrected chi connectivity index (χ4v) is 2.69. The van der Waals surface area contributed by atoms with E-state index in [1.807, 2.05) is 0 Å². The van der Waals surface area contributed by atoms with E-state index in [-0.39, 0.29) is 24.4 Å². The maximum absolute atomic E-state index is 13.0. The number of benzene rings is 2. The molecule has 2 amide bonds. The monoisotopic (exact) mass is 348 g/mol. The van der Waals surface area contributed by atoms with Crippen LogP contribution in [0.3, 0.4) is 0 Å². The SMILES string of the molecule is O=C(Nc1ccccc1Cl)N(CC(O)c1ccc(F)cc1)C1CC1. The van der Waals surface area contributed by atoms with Crippen LogP contribution in [-0.2, 0) is 0 Å². The number of hydrogen-bond donors (Lipinski definition) is 2. The molecule has 3 rings (SSSR count). The summed E-state index contributed by atoms with van der Waals surface area (Å²) in [7, 11) is 0. The van der Waals surface area contributed by atoms with Crippen molar-refractivity contribution in [3.8, 4) is 0 Å². The highest BCUT2D eigenvalue weighted by Gasteiger charge is 2.34. The van der Waals surface area contributed by atoms with Gasteiger partial charge >= 0.3 is 6.03 Å². The van der Waals surface area contributed by atoms with Gasteiger partial charge in [0, 0.05) is 6.04 Å². The van der Waals surface area contributed by atoms with Gasteiger partial charge in [0.25, 0.3) is 0 Å². The molecule has 2 N–H and O–H groups in total. The molecule has 1 aliphatic carbocycles. The number of rotatable bonds is 5. The van der Waals surface area contributed by atoms with Gasteiger partial charge in [0.15, 0.2) is 0 Å². The molecule has 1 aliphatic rings. The van der Waals surface area contributed by atoms with Crippen LogP contribution in [0.2, 0.25) is 5.02 Å². The van der Waals surface area contributed by atoms with E-state index in [4.69, 9.17) is 11.6 Å². The molecule has 0 spiro atoms. The van der Waals surface area contributed by atoms with Crippen LogP contribution in [0.25, 0.3) is 0 Å². The third-order valence-corrected chi connectivity index (χ3v) is 4.32. The number of anilines is 1. The van der Waals surface area contributed by atoms with Crippen LogP contribution in [0.15, 0.2) is 48.5 Å². The van der Waals surface area contributed by atoms with Crippen LogP contribution in [0.5, 0.6) is 0 Å². The molecule has 1 atom stereocenters. The first-order chi connectivity index (χ1) is 11.5. The molecule has 1 saturated carbocycles. The van der Waals surface area contributed by atoms with Crippen LogP contribution in [0.1, 0.15) is 24.5 Å². The van der Waals surface area contributed by atoms with Crippen molar-refractivity contribution >= 4 is 23.3 Å². The summed E-state index contributed by atoms with van der Waals surface area (Å²) in [6.07, 6.45) is 0.946. The van der Waals surface area contributed by atoms with Crippen LogP contribution < -0.4 is 5.32 Å². The van der Waals surface area contributed by atoms with Crippen molar-refractivity contribution in [2.24, 2.45) is 0 Å². The molecule has 0 aromatic heterocycles. The summed E-state index contributed by atoms with van der Waals surface area (Å²) >= 11 is 6.07. The van der Waals surface area contributed by atoms with Crippen LogP contribution in [0, 0.1) is 5.82 Å². The predicted octanol–water partition coefficient (Wildman–Crippen LogP) is 4.21. The zero-order chi connectivity index (χ0) is 17.1. The smallest absolute Gasteiger partial charge is 0.322 e. The van der Waals surface area contributed by atoms with Crippen LogP contribution >= 0.6 is 11.6 Å². The number of aliphatic hydroxyl groups is 1. The number of amides is 2. The van der Waals surface area contributed by atoms with Crippen molar-refractivity contribution in [1.29, 1.82) is 0 Å². The average molecular weight is 349 g/mol. The number of hydrogen-bond acceptors (Lipinski definition) is 2. The van der Waals surface area contributed by atoms with E-state index in [0.29, 0.717) is 16.3 Å². The first-order valence-corrected chi connectivity index (χ1v) is 8.18. The number of para-hydroxylation sites is 1. The van der Waals surface area contributed by atoms with E-state index in [2.05, 4.69) is 5.32 Å². The van der Waals surface area contributed by atoms with Gasteiger partial charge in [-0.15, -0.1) is 0 Å². The lowest BCUT2D eigenvalue weighted by Gasteiger charge is -2.26. The maximum atomic E-state index is 13.0. The van der Waals surface area contributed by atoms with Crippen molar-refractivity contribution < 1.29 is 14.3 Å². The molecule has 6 heteroatoms. The van der Waals surface area contributed by atoms with Crippen molar-refractivity contribution in [2.45, 2.75) is 25.0 Å². The maximum Gasteiger partial charge on any atom is 0.322 e. The van der Waals surface area contributed by atoms with E-state index >= 15 is 0 Å². The Hall–Kier alpha value is -2.11. The third-order valence-electron chi connectivity index (χ3n) is 3.99. The van der Waals surface area contributed by atoms with E-state index in [9.17, 15) is 14.3 Å². The summed E-state index contributed by atoms with van der Waals surface area (Å²) in [5, 5.41) is 13.6. The predicted molar refractivity (Wildman–Crippen MR) is 91.6 cm³/mol. The Morgan fingerprint density at radius 2 is 1.92 bits per heavy atom. The molecule has 1 fully saturated rings. The largest absolute Gasteiger partial charge is 0.387 e. The number of nitrogens with one attached hydrogen (secondary N) is 1. The molecule has 1 unspecified atom stereocenters. The lowest BCUT2D eigenvalue weighted by atomic mass is 10.1. The molecule has 4 nitrogen and oxygen atoms in total. The summed E-state index contributed by atoms with van der Waals surface area (Å²) in [4.78, 5) is 14.2. The highest BCUT2D eigenvalue weighted by Crippen LogP contribution is 2.30. The molecular formula is C18H18ClFN2O2. The lowest BCUT2D eigenvalue weighted by molar-refractivity contribution is 0.123. The fraction of sp³-hybridized carbons (Fsp3) is 0.278. The minimum atomic E-state index is -0.872. The van der Waals surface area contributed by atoms with Gasteiger partial charge in [-0.2, -0.15) is 0 Å². The normalized spacial score (nSPS) is 15.0. The first kappa shape index (κ1) is 16.7. The molecule has 0 aliphatic heterocycles. The zero-order valence-electron chi connectivity index (χ0n) is 13.0. The van der Waals surface area contributed by atoms with Gasteiger partial charge < -0.3 is 15.3 Å². The van der Waals surface area contributed by atoms with E-state index in [1.54, 1.807) is 29.2 Å². The molecule has 0 bridgehead atoms. The number of aliphatic hydroxyl groups excluding tert-OH is 1. The van der Waals surface area contributed by atoms with Gasteiger partial charge in [-0.3, -0.25) is 0 Å². The molecular weight excluding hydrogens is 331 g/mol. The van der Waals surface area contributed by atoms with Crippen LogP contribution in [0.4, 0.5) is 14.9 Å². The van der Waals surface area contributed by atoms with Gasteiger partial charge in [0.1, 0.15) is 5.82 Å². The van der Waals surface area contributed by atoms with E-state index in [1.165, 1.54) is 24.3 Å². The Balaban J connectivity index is 1.69. The Kier molecular flexibility index (Phi) is 5.02. The van der Waals surface area contributed by atoms with E-state index in [0.717, 1.165) is 12.8 Å². The quantitative estimate of drug-likeness (QED) is 0.850. The Labute approximate surface area is 144 Å².